The van der Waals surface area contributed by atoms with Gasteiger partial charge in [-0.3, -0.25) is 9.79 Å². The highest BCUT2D eigenvalue weighted by Crippen LogP contribution is 2.51. The van der Waals surface area contributed by atoms with Crippen molar-refractivity contribution in [2.45, 2.75) is 41.4 Å². The second-order valence-electron chi connectivity index (χ2n) is 8.86. The van der Waals surface area contributed by atoms with Crippen LogP contribution in [0.4, 0.5) is 18.9 Å². The summed E-state index contributed by atoms with van der Waals surface area (Å²) in [5.74, 6) is -6.07. The third-order valence-electron chi connectivity index (χ3n) is 6.54. The SMILES string of the molecule is CN=CC1(O)CC2CC[C@@H](C1)C2S(=O)(=O)c1cc(C(=O)Nc2cc(F)c(F)c(F)c2)ccc1Cl. The second-order valence-corrected chi connectivity index (χ2v) is 11.3. The predicted molar refractivity (Wildman–Crippen MR) is 122 cm³/mol. The fourth-order valence-corrected chi connectivity index (χ4v) is 8.10. The predicted octanol–water partition coefficient (Wildman–Crippen LogP) is 4.40. The van der Waals surface area contributed by atoms with Crippen molar-refractivity contribution < 1.29 is 31.5 Å². The quantitative estimate of drug-likeness (QED) is 0.456. The van der Waals surface area contributed by atoms with E-state index in [9.17, 15) is 31.5 Å². The van der Waals surface area contributed by atoms with Gasteiger partial charge in [0.25, 0.3) is 5.91 Å². The number of hydrogen-bond donors (Lipinski definition) is 2. The van der Waals surface area contributed by atoms with Gasteiger partial charge in [0.2, 0.25) is 0 Å². The van der Waals surface area contributed by atoms with Gasteiger partial charge < -0.3 is 10.4 Å². The molecule has 2 aromatic carbocycles. The van der Waals surface area contributed by atoms with Crippen LogP contribution in [0.2, 0.25) is 5.02 Å². The summed E-state index contributed by atoms with van der Waals surface area (Å²) < 4.78 is 67.4. The van der Waals surface area contributed by atoms with Crippen molar-refractivity contribution in [2.24, 2.45) is 16.8 Å². The molecule has 0 aromatic heterocycles. The van der Waals surface area contributed by atoms with Crippen LogP contribution < -0.4 is 5.32 Å². The zero-order valence-electron chi connectivity index (χ0n) is 18.1. The molecule has 1 amide bonds. The van der Waals surface area contributed by atoms with E-state index in [2.05, 4.69) is 10.3 Å². The number of benzene rings is 2. The molecule has 0 saturated heterocycles. The van der Waals surface area contributed by atoms with E-state index in [-0.39, 0.29) is 45.8 Å². The smallest absolute Gasteiger partial charge is 0.255 e. The summed E-state index contributed by atoms with van der Waals surface area (Å²) in [7, 11) is -2.43. The van der Waals surface area contributed by atoms with Crippen molar-refractivity contribution in [3.8, 4) is 0 Å². The van der Waals surface area contributed by atoms with Crippen molar-refractivity contribution in [3.63, 3.8) is 0 Å². The molecular formula is C23H22ClF3N2O4S. The number of sulfone groups is 1. The molecule has 6 nitrogen and oxygen atoms in total. The first-order chi connectivity index (χ1) is 15.9. The largest absolute Gasteiger partial charge is 0.384 e. The first-order valence-corrected chi connectivity index (χ1v) is 12.5. The highest BCUT2D eigenvalue weighted by molar-refractivity contribution is 7.92. The number of halogens is 4. The van der Waals surface area contributed by atoms with Gasteiger partial charge >= 0.3 is 0 Å². The summed E-state index contributed by atoms with van der Waals surface area (Å²) >= 11 is 6.22. The van der Waals surface area contributed by atoms with Gasteiger partial charge in [0.05, 0.1) is 20.8 Å². The Morgan fingerprint density at radius 1 is 1.15 bits per heavy atom. The van der Waals surface area contributed by atoms with Crippen LogP contribution in [0, 0.1) is 29.3 Å². The Morgan fingerprint density at radius 2 is 1.74 bits per heavy atom. The lowest BCUT2D eigenvalue weighted by Crippen LogP contribution is -2.47. The van der Waals surface area contributed by atoms with Gasteiger partial charge in [-0.25, -0.2) is 21.6 Å². The van der Waals surface area contributed by atoms with Crippen molar-refractivity contribution in [2.75, 3.05) is 12.4 Å². The minimum absolute atomic E-state index is 0.0641. The minimum Gasteiger partial charge on any atom is -0.384 e. The van der Waals surface area contributed by atoms with E-state index in [4.69, 9.17) is 11.6 Å². The van der Waals surface area contributed by atoms with E-state index in [1.165, 1.54) is 18.3 Å². The molecule has 34 heavy (non-hydrogen) atoms. The molecule has 0 radical (unpaired) electrons. The maximum Gasteiger partial charge on any atom is 0.255 e. The Morgan fingerprint density at radius 3 is 2.29 bits per heavy atom. The molecule has 11 heteroatoms. The molecule has 0 spiro atoms. The summed E-state index contributed by atoms with van der Waals surface area (Å²) in [5, 5.41) is 12.2. The summed E-state index contributed by atoms with van der Waals surface area (Å²) in [6, 6.07) is 4.89. The van der Waals surface area contributed by atoms with E-state index in [1.54, 1.807) is 7.05 Å². The Hall–Kier alpha value is -2.43. The molecule has 2 aromatic rings. The van der Waals surface area contributed by atoms with Gasteiger partial charge in [-0.1, -0.05) is 11.6 Å². The van der Waals surface area contributed by atoms with Crippen LogP contribution in [0.5, 0.6) is 0 Å². The lowest BCUT2D eigenvalue weighted by molar-refractivity contribution is 0.0478. The third-order valence-corrected chi connectivity index (χ3v) is 9.42. The Bertz CT molecular complexity index is 1250. The number of rotatable bonds is 5. The first-order valence-electron chi connectivity index (χ1n) is 10.6. The van der Waals surface area contributed by atoms with Crippen molar-refractivity contribution in [1.82, 2.24) is 0 Å². The normalized spacial score (nSPS) is 26.7. The number of nitrogens with zero attached hydrogens (tertiary/aromatic N) is 1. The van der Waals surface area contributed by atoms with Crippen LogP contribution in [-0.2, 0) is 9.84 Å². The van der Waals surface area contributed by atoms with Crippen LogP contribution in [0.3, 0.4) is 0 Å². The van der Waals surface area contributed by atoms with Crippen LogP contribution >= 0.6 is 11.6 Å². The number of fused-ring (bicyclic) bond motifs is 2. The summed E-state index contributed by atoms with van der Waals surface area (Å²) in [5.41, 5.74) is -1.59. The maximum absolute atomic E-state index is 13.6. The summed E-state index contributed by atoms with van der Waals surface area (Å²) in [4.78, 5) is 16.3. The zero-order chi connectivity index (χ0) is 24.8. The number of carbonyl (C=O) groups is 1. The zero-order valence-corrected chi connectivity index (χ0v) is 19.6. The van der Waals surface area contributed by atoms with E-state index < -0.39 is 44.0 Å². The Kier molecular flexibility index (Phi) is 6.52. The average molecular weight is 515 g/mol. The van der Waals surface area contributed by atoms with Gasteiger partial charge in [-0.05, 0) is 55.7 Å². The van der Waals surface area contributed by atoms with Crippen LogP contribution in [0.1, 0.15) is 36.0 Å². The summed E-state index contributed by atoms with van der Waals surface area (Å²) in [6.07, 6.45) is 3.23. The van der Waals surface area contributed by atoms with Gasteiger partial charge in [-0.15, -0.1) is 0 Å². The lowest BCUT2D eigenvalue weighted by Gasteiger charge is -2.38. The summed E-state index contributed by atoms with van der Waals surface area (Å²) in [6.45, 7) is 0. The molecule has 0 heterocycles. The molecule has 2 aliphatic carbocycles. The lowest BCUT2D eigenvalue weighted by atomic mass is 9.78. The highest BCUT2D eigenvalue weighted by Gasteiger charge is 2.53. The molecule has 2 aliphatic rings. The monoisotopic (exact) mass is 514 g/mol. The van der Waals surface area contributed by atoms with E-state index >= 15 is 0 Å². The highest BCUT2D eigenvalue weighted by atomic mass is 35.5. The molecule has 2 saturated carbocycles. The number of anilines is 1. The fourth-order valence-electron chi connectivity index (χ4n) is 5.26. The number of nitrogens with one attached hydrogen (secondary N) is 1. The first kappa shape index (κ1) is 24.7. The topological polar surface area (TPSA) is 95.8 Å². The van der Waals surface area contributed by atoms with Crippen molar-refractivity contribution in [3.05, 3.63) is 58.4 Å². The molecule has 182 valence electrons. The average Bonchev–Trinajstić information content (AvgIpc) is 3.05. The standard InChI is InChI=1S/C23H22ClF3N2O4S/c1-28-11-23(31)9-13-2-3-14(10-23)21(13)34(32,33)19-6-12(4-5-16(19)24)22(30)29-15-7-17(25)20(27)18(26)8-15/h4-8,11,13-14,21,31H,2-3,9-10H2,1H3,(H,29,30)/t13-,14?,21?,23?/m0/s1. The van der Waals surface area contributed by atoms with E-state index in [0.29, 0.717) is 25.0 Å². The van der Waals surface area contributed by atoms with Crippen molar-refractivity contribution in [1.29, 1.82) is 0 Å². The van der Waals surface area contributed by atoms with Crippen LogP contribution in [0.15, 0.2) is 40.2 Å². The van der Waals surface area contributed by atoms with Gasteiger partial charge in [0.1, 0.15) is 0 Å². The van der Waals surface area contributed by atoms with Gasteiger partial charge in [0, 0.05) is 36.6 Å². The molecule has 4 atom stereocenters. The molecule has 3 unspecified atom stereocenters. The number of carbonyl (C=O) groups excluding carboxylic acids is 1. The fraction of sp³-hybridized carbons (Fsp3) is 0.391. The van der Waals surface area contributed by atoms with Crippen LogP contribution in [-0.4, -0.2) is 43.5 Å². The minimum atomic E-state index is -3.98. The Labute approximate surface area is 199 Å². The molecule has 2 fully saturated rings. The van der Waals surface area contributed by atoms with Crippen molar-refractivity contribution >= 4 is 39.2 Å². The number of aliphatic imine (C=N–C) groups is 1. The molecule has 2 bridgehead atoms. The van der Waals surface area contributed by atoms with Gasteiger partial charge in [0.15, 0.2) is 27.3 Å². The van der Waals surface area contributed by atoms with E-state index in [0.717, 1.165) is 6.07 Å². The Balaban J connectivity index is 1.63. The van der Waals surface area contributed by atoms with Crippen LogP contribution in [0.25, 0.3) is 0 Å². The van der Waals surface area contributed by atoms with E-state index in [1.807, 2.05) is 0 Å². The molecule has 0 aliphatic heterocycles. The number of hydrogen-bond acceptors (Lipinski definition) is 5. The van der Waals surface area contributed by atoms with Gasteiger partial charge in [-0.2, -0.15) is 0 Å². The third kappa shape index (κ3) is 4.46. The molecule has 4 rings (SSSR count). The molecular weight excluding hydrogens is 493 g/mol. The molecule has 2 N–H and O–H groups in total. The number of amides is 1. The number of aliphatic hydroxyl groups is 1. The second kappa shape index (κ2) is 8.98. The maximum atomic E-state index is 13.6.